The molecule has 1 N–H and O–H groups in total. The van der Waals surface area contributed by atoms with Gasteiger partial charge in [0.2, 0.25) is 5.91 Å². The summed E-state index contributed by atoms with van der Waals surface area (Å²) >= 11 is 0. The lowest BCUT2D eigenvalue weighted by Crippen LogP contribution is -2.55. The Morgan fingerprint density at radius 3 is 2.35 bits per heavy atom. The molecule has 0 spiro atoms. The van der Waals surface area contributed by atoms with Crippen LogP contribution in [-0.2, 0) is 9.59 Å². The number of rotatable bonds is 3. The second-order valence-electron chi connectivity index (χ2n) is 5.80. The summed E-state index contributed by atoms with van der Waals surface area (Å²) in [5, 5.41) is 8.67. The van der Waals surface area contributed by atoms with E-state index in [-0.39, 0.29) is 23.7 Å². The molecule has 4 heteroatoms. The van der Waals surface area contributed by atoms with Gasteiger partial charge in [-0.15, -0.1) is 0 Å². The Balaban J connectivity index is 1.84. The molecule has 0 aromatic heterocycles. The van der Waals surface area contributed by atoms with Crippen LogP contribution in [0.15, 0.2) is 0 Å². The standard InChI is InChI=1S/C13H21NO3/c1-13(5-3-2-4-6-13)12(17)14-8-10(9-14)7-11(15)16/h10H,2-9H2,1H3,(H,15,16). The van der Waals surface area contributed by atoms with Gasteiger partial charge in [-0.3, -0.25) is 9.59 Å². The highest BCUT2D eigenvalue weighted by atomic mass is 16.4. The molecular formula is C13H21NO3. The van der Waals surface area contributed by atoms with Gasteiger partial charge in [-0.05, 0) is 12.8 Å². The number of hydrogen-bond donors (Lipinski definition) is 1. The molecule has 0 radical (unpaired) electrons. The van der Waals surface area contributed by atoms with Gasteiger partial charge in [0.15, 0.2) is 0 Å². The van der Waals surface area contributed by atoms with E-state index in [0.717, 1.165) is 25.7 Å². The number of hydrogen-bond acceptors (Lipinski definition) is 2. The molecule has 2 aliphatic rings. The van der Waals surface area contributed by atoms with Crippen molar-refractivity contribution in [3.05, 3.63) is 0 Å². The van der Waals surface area contributed by atoms with E-state index >= 15 is 0 Å². The monoisotopic (exact) mass is 239 g/mol. The van der Waals surface area contributed by atoms with Crippen LogP contribution in [0.3, 0.4) is 0 Å². The van der Waals surface area contributed by atoms with Crippen molar-refractivity contribution in [1.82, 2.24) is 4.90 Å². The van der Waals surface area contributed by atoms with E-state index in [1.807, 2.05) is 4.90 Å². The predicted octanol–water partition coefficient (Wildman–Crippen LogP) is 1.89. The van der Waals surface area contributed by atoms with Crippen LogP contribution in [0.2, 0.25) is 0 Å². The highest BCUT2D eigenvalue weighted by Gasteiger charge is 2.42. The zero-order valence-corrected chi connectivity index (χ0v) is 10.4. The quantitative estimate of drug-likeness (QED) is 0.818. The molecule has 0 aromatic carbocycles. The SMILES string of the molecule is CC1(C(=O)N2CC(CC(=O)O)C2)CCCCC1. The molecule has 1 aliphatic carbocycles. The van der Waals surface area contributed by atoms with Gasteiger partial charge >= 0.3 is 5.97 Å². The molecule has 0 aromatic rings. The van der Waals surface area contributed by atoms with Crippen LogP contribution in [0, 0.1) is 11.3 Å². The van der Waals surface area contributed by atoms with Gasteiger partial charge in [0.1, 0.15) is 0 Å². The maximum atomic E-state index is 12.3. The van der Waals surface area contributed by atoms with E-state index in [4.69, 9.17) is 5.11 Å². The topological polar surface area (TPSA) is 57.6 Å². The third-order valence-electron chi connectivity index (χ3n) is 4.18. The molecule has 1 aliphatic heterocycles. The minimum absolute atomic E-state index is 0.170. The average Bonchev–Trinajstić information content (AvgIpc) is 2.22. The number of aliphatic carboxylic acids is 1. The van der Waals surface area contributed by atoms with Gasteiger partial charge in [-0.25, -0.2) is 0 Å². The van der Waals surface area contributed by atoms with E-state index in [1.54, 1.807) is 0 Å². The van der Waals surface area contributed by atoms with Gasteiger partial charge in [-0.1, -0.05) is 26.2 Å². The first-order valence-electron chi connectivity index (χ1n) is 6.52. The maximum absolute atomic E-state index is 12.3. The third-order valence-corrected chi connectivity index (χ3v) is 4.18. The van der Waals surface area contributed by atoms with Gasteiger partial charge in [-0.2, -0.15) is 0 Å². The van der Waals surface area contributed by atoms with Crippen LogP contribution in [0.4, 0.5) is 0 Å². The Morgan fingerprint density at radius 2 is 1.82 bits per heavy atom. The number of carboxylic acids is 1. The van der Waals surface area contributed by atoms with E-state index in [2.05, 4.69) is 6.92 Å². The van der Waals surface area contributed by atoms with Crippen LogP contribution < -0.4 is 0 Å². The predicted molar refractivity (Wildman–Crippen MR) is 63.5 cm³/mol. The molecule has 0 atom stereocenters. The number of likely N-dealkylation sites (tertiary alicyclic amines) is 1. The first-order valence-corrected chi connectivity index (χ1v) is 6.52. The summed E-state index contributed by atoms with van der Waals surface area (Å²) in [5.74, 6) is -0.339. The Labute approximate surface area is 102 Å². The van der Waals surface area contributed by atoms with E-state index in [1.165, 1.54) is 6.42 Å². The van der Waals surface area contributed by atoms with Crippen LogP contribution in [0.5, 0.6) is 0 Å². The number of carbonyl (C=O) groups is 2. The van der Waals surface area contributed by atoms with Crippen molar-refractivity contribution in [2.45, 2.75) is 45.4 Å². The number of carbonyl (C=O) groups excluding carboxylic acids is 1. The summed E-state index contributed by atoms with van der Waals surface area (Å²) in [6.07, 6.45) is 5.71. The van der Waals surface area contributed by atoms with Crippen molar-refractivity contribution < 1.29 is 14.7 Å². The van der Waals surface area contributed by atoms with Crippen molar-refractivity contribution in [3.8, 4) is 0 Å². The Bertz CT molecular complexity index is 315. The first-order chi connectivity index (χ1) is 8.01. The van der Waals surface area contributed by atoms with Crippen LogP contribution in [0.25, 0.3) is 0 Å². The lowest BCUT2D eigenvalue weighted by molar-refractivity contribution is -0.153. The summed E-state index contributed by atoms with van der Waals surface area (Å²) in [5.41, 5.74) is -0.174. The van der Waals surface area contributed by atoms with Crippen LogP contribution in [0.1, 0.15) is 45.4 Å². The summed E-state index contributed by atoms with van der Waals surface area (Å²) in [4.78, 5) is 24.7. The zero-order chi connectivity index (χ0) is 12.5. The highest BCUT2D eigenvalue weighted by Crippen LogP contribution is 2.39. The fourth-order valence-corrected chi connectivity index (χ4v) is 3.04. The van der Waals surface area contributed by atoms with Crippen molar-refractivity contribution >= 4 is 11.9 Å². The molecule has 17 heavy (non-hydrogen) atoms. The third kappa shape index (κ3) is 2.61. The fourth-order valence-electron chi connectivity index (χ4n) is 3.04. The van der Waals surface area contributed by atoms with Crippen molar-refractivity contribution in [2.75, 3.05) is 13.1 Å². The van der Waals surface area contributed by atoms with E-state index < -0.39 is 5.97 Å². The Morgan fingerprint density at radius 1 is 1.24 bits per heavy atom. The van der Waals surface area contributed by atoms with Gasteiger partial charge in [0.05, 0.1) is 6.42 Å². The normalized spacial score (nSPS) is 24.2. The summed E-state index contributed by atoms with van der Waals surface area (Å²) in [7, 11) is 0. The largest absolute Gasteiger partial charge is 0.481 e. The highest BCUT2D eigenvalue weighted by molar-refractivity contribution is 5.83. The molecule has 2 rings (SSSR count). The van der Waals surface area contributed by atoms with Gasteiger partial charge < -0.3 is 10.0 Å². The lowest BCUT2D eigenvalue weighted by atomic mass is 9.74. The molecule has 1 saturated heterocycles. The maximum Gasteiger partial charge on any atom is 0.303 e. The minimum Gasteiger partial charge on any atom is -0.481 e. The number of nitrogens with zero attached hydrogens (tertiary/aromatic N) is 1. The molecule has 1 heterocycles. The Kier molecular flexibility index (Phi) is 3.40. The lowest BCUT2D eigenvalue weighted by Gasteiger charge is -2.44. The Hall–Kier alpha value is -1.06. The molecule has 0 bridgehead atoms. The van der Waals surface area contributed by atoms with Crippen molar-refractivity contribution in [3.63, 3.8) is 0 Å². The first kappa shape index (κ1) is 12.4. The average molecular weight is 239 g/mol. The molecule has 96 valence electrons. The summed E-state index contributed by atoms with van der Waals surface area (Å²) in [6.45, 7) is 3.35. The van der Waals surface area contributed by atoms with E-state index in [0.29, 0.717) is 13.1 Å². The molecule has 2 fully saturated rings. The molecular weight excluding hydrogens is 218 g/mol. The zero-order valence-electron chi connectivity index (χ0n) is 10.4. The van der Waals surface area contributed by atoms with Crippen molar-refractivity contribution in [1.29, 1.82) is 0 Å². The molecule has 1 amide bonds. The summed E-state index contributed by atoms with van der Waals surface area (Å²) in [6, 6.07) is 0. The van der Waals surface area contributed by atoms with Gasteiger partial charge in [0, 0.05) is 24.4 Å². The minimum atomic E-state index is -0.758. The second kappa shape index (κ2) is 4.67. The molecule has 1 saturated carbocycles. The summed E-state index contributed by atoms with van der Waals surface area (Å²) < 4.78 is 0. The smallest absolute Gasteiger partial charge is 0.303 e. The van der Waals surface area contributed by atoms with Gasteiger partial charge in [0.25, 0.3) is 0 Å². The van der Waals surface area contributed by atoms with Crippen molar-refractivity contribution in [2.24, 2.45) is 11.3 Å². The van der Waals surface area contributed by atoms with E-state index in [9.17, 15) is 9.59 Å². The fraction of sp³-hybridized carbons (Fsp3) is 0.846. The second-order valence-corrected chi connectivity index (χ2v) is 5.80. The molecule has 4 nitrogen and oxygen atoms in total. The number of amides is 1. The molecule has 0 unspecified atom stereocenters. The number of carboxylic acid groups (broad SMARTS) is 1. The van der Waals surface area contributed by atoms with Crippen LogP contribution in [-0.4, -0.2) is 35.0 Å². The van der Waals surface area contributed by atoms with Crippen LogP contribution >= 0.6 is 0 Å².